The maximum atomic E-state index is 12.7. The number of benzene rings is 1. The van der Waals surface area contributed by atoms with Crippen LogP contribution in [0.25, 0.3) is 0 Å². The van der Waals surface area contributed by atoms with Crippen molar-refractivity contribution >= 4 is 11.3 Å². The Kier molecular flexibility index (Phi) is 4.90. The number of hydrogen-bond donors (Lipinski definition) is 1. The molecule has 1 aromatic carbocycles. The lowest BCUT2D eigenvalue weighted by Gasteiger charge is -2.15. The van der Waals surface area contributed by atoms with Crippen LogP contribution in [0.1, 0.15) is 22.0 Å². The third kappa shape index (κ3) is 3.98. The van der Waals surface area contributed by atoms with Gasteiger partial charge in [-0.15, -0.1) is 11.3 Å². The quantitative estimate of drug-likeness (QED) is 0.889. The van der Waals surface area contributed by atoms with Gasteiger partial charge in [-0.25, -0.2) is 0 Å². The van der Waals surface area contributed by atoms with Gasteiger partial charge in [0.1, 0.15) is 5.75 Å². The molecule has 1 aromatic heterocycles. The van der Waals surface area contributed by atoms with E-state index in [1.165, 1.54) is 23.5 Å². The molecule has 0 aliphatic carbocycles. The highest BCUT2D eigenvalue weighted by atomic mass is 32.1. The maximum Gasteiger partial charge on any atom is 0.416 e. The molecule has 0 aliphatic heterocycles. The van der Waals surface area contributed by atoms with Gasteiger partial charge in [0, 0.05) is 16.3 Å². The Labute approximate surface area is 125 Å². The van der Waals surface area contributed by atoms with Crippen molar-refractivity contribution in [3.05, 3.63) is 51.7 Å². The second kappa shape index (κ2) is 6.49. The Bertz CT molecular complexity index is 595. The lowest BCUT2D eigenvalue weighted by atomic mass is 10.0. The number of alkyl halides is 3. The summed E-state index contributed by atoms with van der Waals surface area (Å²) in [5, 5.41) is 5.02. The number of ether oxygens (including phenoxy) is 1. The molecule has 1 N–H and O–H groups in total. The molecule has 2 nitrogen and oxygen atoms in total. The molecule has 0 saturated heterocycles. The molecule has 2 rings (SSSR count). The van der Waals surface area contributed by atoms with E-state index in [4.69, 9.17) is 4.74 Å². The van der Waals surface area contributed by atoms with Crippen molar-refractivity contribution in [2.75, 3.05) is 14.2 Å². The summed E-state index contributed by atoms with van der Waals surface area (Å²) in [5.41, 5.74) is 0.0372. The van der Waals surface area contributed by atoms with E-state index in [0.29, 0.717) is 12.0 Å². The Hall–Kier alpha value is -1.53. The summed E-state index contributed by atoms with van der Waals surface area (Å²) in [5.74, 6) is 0.763. The third-order valence-electron chi connectivity index (χ3n) is 3.22. The number of rotatable bonds is 5. The summed E-state index contributed by atoms with van der Waals surface area (Å²) in [6.07, 6.45) is -3.82. The molecular formula is C15H16F3NOS. The second-order valence-electron chi connectivity index (χ2n) is 4.63. The van der Waals surface area contributed by atoms with Gasteiger partial charge in [0.05, 0.1) is 12.7 Å². The smallest absolute Gasteiger partial charge is 0.416 e. The summed E-state index contributed by atoms with van der Waals surface area (Å²) in [6.45, 7) is 0. The first-order valence-electron chi connectivity index (χ1n) is 6.40. The zero-order valence-electron chi connectivity index (χ0n) is 11.7. The first kappa shape index (κ1) is 15.9. The van der Waals surface area contributed by atoms with E-state index in [2.05, 4.69) is 5.32 Å². The topological polar surface area (TPSA) is 21.3 Å². The van der Waals surface area contributed by atoms with Crippen LogP contribution in [-0.2, 0) is 12.6 Å². The van der Waals surface area contributed by atoms with Crippen LogP contribution in [0.15, 0.2) is 35.7 Å². The van der Waals surface area contributed by atoms with Gasteiger partial charge in [-0.05, 0) is 31.2 Å². The summed E-state index contributed by atoms with van der Waals surface area (Å²) < 4.78 is 43.3. The fourth-order valence-corrected chi connectivity index (χ4v) is 3.05. The SMILES string of the molecule is CNC(Cc1cccc(C(F)(F)F)c1)c1cc(OC)cs1. The van der Waals surface area contributed by atoms with E-state index in [-0.39, 0.29) is 6.04 Å². The Morgan fingerprint density at radius 3 is 2.62 bits per heavy atom. The molecule has 1 unspecified atom stereocenters. The molecule has 0 fully saturated rings. The van der Waals surface area contributed by atoms with Crippen LogP contribution < -0.4 is 10.1 Å². The average Bonchev–Trinajstić information content (AvgIpc) is 2.93. The molecule has 0 bridgehead atoms. The van der Waals surface area contributed by atoms with Crippen molar-refractivity contribution in [1.29, 1.82) is 0 Å². The highest BCUT2D eigenvalue weighted by molar-refractivity contribution is 7.10. The summed E-state index contributed by atoms with van der Waals surface area (Å²) in [6, 6.07) is 7.31. The molecule has 114 valence electrons. The number of thiophene rings is 1. The minimum Gasteiger partial charge on any atom is -0.496 e. The monoisotopic (exact) mass is 315 g/mol. The molecule has 0 saturated carbocycles. The van der Waals surface area contributed by atoms with Crippen molar-refractivity contribution in [3.63, 3.8) is 0 Å². The van der Waals surface area contributed by atoms with E-state index in [1.807, 2.05) is 11.4 Å². The maximum absolute atomic E-state index is 12.7. The van der Waals surface area contributed by atoms with Crippen molar-refractivity contribution in [1.82, 2.24) is 5.32 Å². The van der Waals surface area contributed by atoms with Gasteiger partial charge >= 0.3 is 6.18 Å². The molecule has 0 amide bonds. The summed E-state index contributed by atoms with van der Waals surface area (Å²) in [7, 11) is 3.39. The van der Waals surface area contributed by atoms with Crippen LogP contribution in [0.4, 0.5) is 13.2 Å². The van der Waals surface area contributed by atoms with Crippen LogP contribution >= 0.6 is 11.3 Å². The molecule has 1 heterocycles. The van der Waals surface area contributed by atoms with Gasteiger partial charge in [0.2, 0.25) is 0 Å². The standard InChI is InChI=1S/C15H16F3NOS/c1-19-13(14-8-12(20-2)9-21-14)7-10-4-3-5-11(6-10)15(16,17)18/h3-6,8-9,13,19H,7H2,1-2H3. The lowest BCUT2D eigenvalue weighted by molar-refractivity contribution is -0.137. The van der Waals surface area contributed by atoms with Crippen molar-refractivity contribution in [2.45, 2.75) is 18.6 Å². The van der Waals surface area contributed by atoms with Crippen molar-refractivity contribution < 1.29 is 17.9 Å². The number of methoxy groups -OCH3 is 1. The van der Waals surface area contributed by atoms with Gasteiger partial charge in [-0.3, -0.25) is 0 Å². The van der Waals surface area contributed by atoms with E-state index in [0.717, 1.165) is 16.7 Å². The minimum atomic E-state index is -4.31. The van der Waals surface area contributed by atoms with Crippen molar-refractivity contribution in [3.8, 4) is 5.75 Å². The van der Waals surface area contributed by atoms with E-state index in [1.54, 1.807) is 20.2 Å². The third-order valence-corrected chi connectivity index (χ3v) is 4.24. The second-order valence-corrected chi connectivity index (χ2v) is 5.58. The van der Waals surface area contributed by atoms with Crippen LogP contribution in [0.3, 0.4) is 0 Å². The number of nitrogens with one attached hydrogen (secondary N) is 1. The lowest BCUT2D eigenvalue weighted by Crippen LogP contribution is -2.18. The van der Waals surface area contributed by atoms with Crippen molar-refractivity contribution in [2.24, 2.45) is 0 Å². The van der Waals surface area contributed by atoms with E-state index >= 15 is 0 Å². The van der Waals surface area contributed by atoms with E-state index in [9.17, 15) is 13.2 Å². The first-order chi connectivity index (χ1) is 9.94. The Balaban J connectivity index is 2.18. The zero-order valence-corrected chi connectivity index (χ0v) is 12.5. The van der Waals surface area contributed by atoms with Gasteiger partial charge < -0.3 is 10.1 Å². The zero-order chi connectivity index (χ0) is 15.5. The Morgan fingerprint density at radius 1 is 1.29 bits per heavy atom. The average molecular weight is 315 g/mol. The van der Waals surface area contributed by atoms with Crippen LogP contribution in [0, 0.1) is 0 Å². The summed E-state index contributed by atoms with van der Waals surface area (Å²) >= 11 is 1.53. The molecule has 0 radical (unpaired) electrons. The number of halogens is 3. The first-order valence-corrected chi connectivity index (χ1v) is 7.28. The minimum absolute atomic E-state index is 0.0395. The van der Waals surface area contributed by atoms with Crippen LogP contribution in [0.5, 0.6) is 5.75 Å². The van der Waals surface area contributed by atoms with Gasteiger partial charge in [0.15, 0.2) is 0 Å². The predicted octanol–water partition coefficient (Wildman–Crippen LogP) is 4.28. The van der Waals surface area contributed by atoms with Crippen LogP contribution in [-0.4, -0.2) is 14.2 Å². The normalized spacial score (nSPS) is 13.2. The molecule has 1 atom stereocenters. The highest BCUT2D eigenvalue weighted by Crippen LogP contribution is 2.32. The molecule has 2 aromatic rings. The highest BCUT2D eigenvalue weighted by Gasteiger charge is 2.30. The molecule has 21 heavy (non-hydrogen) atoms. The predicted molar refractivity (Wildman–Crippen MR) is 77.8 cm³/mol. The largest absolute Gasteiger partial charge is 0.496 e. The molecular weight excluding hydrogens is 299 g/mol. The van der Waals surface area contributed by atoms with E-state index < -0.39 is 11.7 Å². The Morgan fingerprint density at radius 2 is 2.05 bits per heavy atom. The fourth-order valence-electron chi connectivity index (χ4n) is 2.08. The summed E-state index contributed by atoms with van der Waals surface area (Å²) in [4.78, 5) is 1.03. The van der Waals surface area contributed by atoms with Crippen LogP contribution in [0.2, 0.25) is 0 Å². The molecule has 0 aliphatic rings. The number of hydrogen-bond acceptors (Lipinski definition) is 3. The fraction of sp³-hybridized carbons (Fsp3) is 0.333. The number of likely N-dealkylation sites (N-methyl/N-ethyl adjacent to an activating group) is 1. The van der Waals surface area contributed by atoms with Gasteiger partial charge in [-0.1, -0.05) is 18.2 Å². The van der Waals surface area contributed by atoms with Gasteiger partial charge in [0.25, 0.3) is 0 Å². The van der Waals surface area contributed by atoms with Gasteiger partial charge in [-0.2, -0.15) is 13.2 Å². The molecule has 6 heteroatoms. The molecule has 0 spiro atoms.